The Labute approximate surface area is 125 Å². The van der Waals surface area contributed by atoms with Crippen LogP contribution in [0, 0.1) is 0 Å². The second-order valence-corrected chi connectivity index (χ2v) is 9.41. The smallest absolute Gasteiger partial charge is 0.180 e. The van der Waals surface area contributed by atoms with Crippen molar-refractivity contribution in [2.75, 3.05) is 18.6 Å². The maximum atomic E-state index is 12.1. The van der Waals surface area contributed by atoms with E-state index in [4.69, 9.17) is 0 Å². The predicted molar refractivity (Wildman–Crippen MR) is 78.6 cm³/mol. The van der Waals surface area contributed by atoms with Gasteiger partial charge in [0.15, 0.2) is 19.7 Å². The summed E-state index contributed by atoms with van der Waals surface area (Å²) in [6.07, 6.45) is 2.20. The van der Waals surface area contributed by atoms with Gasteiger partial charge in [-0.2, -0.15) is 0 Å². The Hall–Kier alpha value is -0.960. The summed E-state index contributed by atoms with van der Waals surface area (Å²) in [5.74, 6) is -0.384. The highest BCUT2D eigenvalue weighted by molar-refractivity contribution is 7.91. The Balaban J connectivity index is 2.04. The van der Waals surface area contributed by atoms with Gasteiger partial charge in [0.25, 0.3) is 0 Å². The van der Waals surface area contributed by atoms with Crippen LogP contribution in [0.1, 0.15) is 12.8 Å². The van der Waals surface area contributed by atoms with Crippen LogP contribution in [0.3, 0.4) is 0 Å². The molecule has 1 aliphatic carbocycles. The van der Waals surface area contributed by atoms with E-state index >= 15 is 0 Å². The lowest BCUT2D eigenvalue weighted by Gasteiger charge is -2.12. The first-order valence-corrected chi connectivity index (χ1v) is 10.2. The average molecular weight is 333 g/mol. The van der Waals surface area contributed by atoms with Gasteiger partial charge >= 0.3 is 0 Å². The van der Waals surface area contributed by atoms with E-state index in [1.807, 2.05) is 0 Å². The molecule has 0 bridgehead atoms. The zero-order valence-electron chi connectivity index (χ0n) is 11.7. The first kappa shape index (κ1) is 16.4. The van der Waals surface area contributed by atoms with Gasteiger partial charge in [0.05, 0.1) is 21.6 Å². The van der Waals surface area contributed by atoms with E-state index in [-0.39, 0.29) is 22.1 Å². The number of hydrogen-bond acceptors (Lipinski definition) is 6. The van der Waals surface area contributed by atoms with Crippen molar-refractivity contribution < 1.29 is 21.9 Å². The quantitative estimate of drug-likeness (QED) is 0.727. The summed E-state index contributed by atoms with van der Waals surface area (Å²) in [7, 11) is -6.99. The molecule has 1 saturated carbocycles. The van der Waals surface area contributed by atoms with Crippen molar-refractivity contribution in [3.8, 4) is 0 Å². The fraction of sp³-hybridized carbons (Fsp3) is 0.538. The Morgan fingerprint density at radius 3 is 2.14 bits per heavy atom. The maximum absolute atomic E-state index is 12.1. The van der Waals surface area contributed by atoms with E-state index in [9.17, 15) is 21.9 Å². The van der Waals surface area contributed by atoms with Crippen LogP contribution >= 0.6 is 0 Å². The minimum atomic E-state index is -3.63. The van der Waals surface area contributed by atoms with Crippen molar-refractivity contribution in [3.63, 3.8) is 0 Å². The standard InChI is InChI=1S/C13H19NO5S2/c1-20(16,17)12-4-6-13(7-5-12)21(18,19)9-11(15)8-14-10-2-3-10/h4-7,10-11,14-15H,2-3,8-9H2,1H3. The van der Waals surface area contributed by atoms with Crippen LogP contribution in [0.15, 0.2) is 34.1 Å². The first-order chi connectivity index (χ1) is 9.68. The Morgan fingerprint density at radius 1 is 1.14 bits per heavy atom. The first-order valence-electron chi connectivity index (χ1n) is 6.63. The summed E-state index contributed by atoms with van der Waals surface area (Å²) in [4.78, 5) is 0.0813. The van der Waals surface area contributed by atoms with Gasteiger partial charge in [0, 0.05) is 18.8 Å². The van der Waals surface area contributed by atoms with E-state index in [0.717, 1.165) is 19.1 Å². The molecule has 0 heterocycles. The van der Waals surface area contributed by atoms with Gasteiger partial charge in [0.1, 0.15) is 0 Å². The van der Waals surface area contributed by atoms with E-state index in [0.29, 0.717) is 6.04 Å². The van der Waals surface area contributed by atoms with Crippen molar-refractivity contribution in [1.29, 1.82) is 0 Å². The van der Waals surface area contributed by atoms with Crippen molar-refractivity contribution in [2.45, 2.75) is 34.8 Å². The summed E-state index contributed by atoms with van der Waals surface area (Å²) in [6, 6.07) is 5.43. The highest BCUT2D eigenvalue weighted by atomic mass is 32.2. The summed E-state index contributed by atoms with van der Waals surface area (Å²) < 4.78 is 46.9. The number of aliphatic hydroxyl groups excluding tert-OH is 1. The number of rotatable bonds is 7. The zero-order valence-corrected chi connectivity index (χ0v) is 13.3. The number of aliphatic hydroxyl groups is 1. The van der Waals surface area contributed by atoms with E-state index in [1.54, 1.807) is 0 Å². The van der Waals surface area contributed by atoms with Crippen molar-refractivity contribution in [2.24, 2.45) is 0 Å². The van der Waals surface area contributed by atoms with E-state index in [2.05, 4.69) is 5.32 Å². The zero-order chi connectivity index (χ0) is 15.7. The molecule has 0 aliphatic heterocycles. The average Bonchev–Trinajstić information content (AvgIpc) is 3.19. The van der Waals surface area contributed by atoms with Gasteiger partial charge in [-0.05, 0) is 37.1 Å². The Kier molecular flexibility index (Phi) is 4.72. The van der Waals surface area contributed by atoms with E-state index in [1.165, 1.54) is 24.3 Å². The number of hydrogen-bond donors (Lipinski definition) is 2. The molecule has 0 amide bonds. The summed E-state index contributed by atoms with van der Waals surface area (Å²) in [6.45, 7) is 0.241. The monoisotopic (exact) mass is 333 g/mol. The number of nitrogens with one attached hydrogen (secondary N) is 1. The minimum Gasteiger partial charge on any atom is -0.391 e. The van der Waals surface area contributed by atoms with Crippen LogP contribution < -0.4 is 5.32 Å². The van der Waals surface area contributed by atoms with Crippen LogP contribution in [0.2, 0.25) is 0 Å². The molecule has 1 atom stereocenters. The lowest BCUT2D eigenvalue weighted by atomic mass is 10.4. The van der Waals surface area contributed by atoms with Crippen molar-refractivity contribution >= 4 is 19.7 Å². The molecule has 1 aromatic rings. The van der Waals surface area contributed by atoms with Gasteiger partial charge in [-0.25, -0.2) is 16.8 Å². The molecule has 2 rings (SSSR count). The fourth-order valence-corrected chi connectivity index (χ4v) is 3.89. The molecule has 1 aromatic carbocycles. The molecule has 0 spiro atoms. The van der Waals surface area contributed by atoms with Crippen LogP contribution in [0.5, 0.6) is 0 Å². The third-order valence-corrected chi connectivity index (χ3v) is 6.18. The molecule has 0 saturated heterocycles. The summed E-state index contributed by atoms with van der Waals surface area (Å²) in [5, 5.41) is 12.8. The van der Waals surface area contributed by atoms with Gasteiger partial charge in [-0.1, -0.05) is 0 Å². The molecule has 8 heteroatoms. The molecule has 118 valence electrons. The fourth-order valence-electron chi connectivity index (χ4n) is 1.89. The molecule has 2 N–H and O–H groups in total. The predicted octanol–water partition coefficient (Wildman–Crippen LogP) is -0.0233. The molecule has 1 fully saturated rings. The van der Waals surface area contributed by atoms with Crippen LogP contribution in [-0.4, -0.2) is 52.6 Å². The molecule has 0 aromatic heterocycles. The molecule has 21 heavy (non-hydrogen) atoms. The lowest BCUT2D eigenvalue weighted by molar-refractivity contribution is 0.193. The van der Waals surface area contributed by atoms with Gasteiger partial charge in [-0.15, -0.1) is 0 Å². The van der Waals surface area contributed by atoms with Crippen molar-refractivity contribution in [3.05, 3.63) is 24.3 Å². The number of benzene rings is 1. The molecule has 0 radical (unpaired) electrons. The molecule has 1 aliphatic rings. The highest BCUT2D eigenvalue weighted by Crippen LogP contribution is 2.19. The normalized spacial score (nSPS) is 17.6. The third kappa shape index (κ3) is 4.77. The van der Waals surface area contributed by atoms with Gasteiger partial charge in [-0.3, -0.25) is 0 Å². The van der Waals surface area contributed by atoms with E-state index < -0.39 is 25.8 Å². The van der Waals surface area contributed by atoms with Crippen LogP contribution in [-0.2, 0) is 19.7 Å². The lowest BCUT2D eigenvalue weighted by Crippen LogP contribution is -2.33. The molecular weight excluding hydrogens is 314 g/mol. The van der Waals surface area contributed by atoms with Crippen LogP contribution in [0.25, 0.3) is 0 Å². The van der Waals surface area contributed by atoms with Gasteiger partial charge in [0.2, 0.25) is 0 Å². The Bertz CT molecular complexity index is 691. The second kappa shape index (κ2) is 6.04. The SMILES string of the molecule is CS(=O)(=O)c1ccc(S(=O)(=O)CC(O)CNC2CC2)cc1. The summed E-state index contributed by atoms with van der Waals surface area (Å²) >= 11 is 0. The maximum Gasteiger partial charge on any atom is 0.180 e. The number of sulfone groups is 2. The molecule has 1 unspecified atom stereocenters. The summed E-state index contributed by atoms with van der Waals surface area (Å²) in [5.41, 5.74) is 0. The molecule has 6 nitrogen and oxygen atoms in total. The highest BCUT2D eigenvalue weighted by Gasteiger charge is 2.24. The van der Waals surface area contributed by atoms with Gasteiger partial charge < -0.3 is 10.4 Å². The Morgan fingerprint density at radius 2 is 1.67 bits per heavy atom. The van der Waals surface area contributed by atoms with Crippen LogP contribution in [0.4, 0.5) is 0 Å². The second-order valence-electron chi connectivity index (χ2n) is 5.36. The third-order valence-electron chi connectivity index (χ3n) is 3.24. The minimum absolute atomic E-state index is 0.0142. The largest absolute Gasteiger partial charge is 0.391 e. The molecular formula is C13H19NO5S2. The van der Waals surface area contributed by atoms with Crippen molar-refractivity contribution in [1.82, 2.24) is 5.32 Å². The topological polar surface area (TPSA) is 101 Å².